The zero-order chi connectivity index (χ0) is 20.6. The first-order chi connectivity index (χ1) is 14.1. The predicted molar refractivity (Wildman–Crippen MR) is 127 cm³/mol. The largest absolute Gasteiger partial charge is 0.494 e. The van der Waals surface area contributed by atoms with Gasteiger partial charge in [0.2, 0.25) is 0 Å². The third-order valence-electron chi connectivity index (χ3n) is 4.41. The fourth-order valence-corrected chi connectivity index (χ4v) is 2.89. The molecule has 3 aromatic rings. The number of H-pyrrole nitrogens is 1. The fourth-order valence-electron chi connectivity index (χ4n) is 2.89. The smallest absolute Gasteiger partial charge is 0.192 e. The number of nitrogens with one attached hydrogen (secondary N) is 3. The lowest BCUT2D eigenvalue weighted by Crippen LogP contribution is -2.38. The molecule has 7 nitrogen and oxygen atoms in total. The van der Waals surface area contributed by atoms with Crippen molar-refractivity contribution in [2.24, 2.45) is 4.99 Å². The number of halogens is 2. The lowest BCUT2D eigenvalue weighted by molar-refractivity contribution is 0.386. The van der Waals surface area contributed by atoms with E-state index in [0.717, 1.165) is 22.5 Å². The Kier molecular flexibility index (Phi) is 9.03. The first kappa shape index (κ1) is 23.6. The molecule has 0 fully saturated rings. The number of hydrogen-bond donors (Lipinski definition) is 3. The zero-order valence-corrected chi connectivity index (χ0v) is 19.5. The summed E-state index contributed by atoms with van der Waals surface area (Å²) in [6, 6.07) is 12.8. The second kappa shape index (κ2) is 11.5. The number of benzene rings is 2. The summed E-state index contributed by atoms with van der Waals surface area (Å²) in [4.78, 5) is 8.84. The fraction of sp³-hybridized carbons (Fsp3) is 0.286. The molecule has 0 bridgehead atoms. The first-order valence-corrected chi connectivity index (χ1v) is 9.43. The summed E-state index contributed by atoms with van der Waals surface area (Å²) < 4.78 is 19.0. The topological polar surface area (TPSA) is 87.2 Å². The number of rotatable bonds is 7. The molecule has 2 aromatic carbocycles. The van der Waals surface area contributed by atoms with Gasteiger partial charge >= 0.3 is 0 Å². The van der Waals surface area contributed by atoms with Crippen LogP contribution in [0.4, 0.5) is 4.39 Å². The quantitative estimate of drug-likeness (QED) is 0.247. The summed E-state index contributed by atoms with van der Waals surface area (Å²) in [5.74, 6) is 1.22. The number of ether oxygens (including phenoxy) is 1. The van der Waals surface area contributed by atoms with Crippen LogP contribution >= 0.6 is 24.0 Å². The van der Waals surface area contributed by atoms with Crippen LogP contribution < -0.4 is 15.4 Å². The maximum Gasteiger partial charge on any atom is 0.192 e. The molecule has 1 heterocycles. The van der Waals surface area contributed by atoms with Crippen LogP contribution in [0.1, 0.15) is 31.0 Å². The number of guanidine groups is 1. The number of nitrogens with zero attached hydrogens (tertiary/aromatic N) is 3. The van der Waals surface area contributed by atoms with E-state index in [2.05, 4.69) is 30.8 Å². The van der Waals surface area contributed by atoms with E-state index in [1.807, 2.05) is 44.2 Å². The van der Waals surface area contributed by atoms with E-state index in [1.165, 1.54) is 19.5 Å². The Morgan fingerprint density at radius 1 is 1.27 bits per heavy atom. The molecule has 30 heavy (non-hydrogen) atoms. The molecule has 3 rings (SSSR count). The molecule has 0 aliphatic heterocycles. The summed E-state index contributed by atoms with van der Waals surface area (Å²) >= 11 is 0. The maximum absolute atomic E-state index is 14.0. The van der Waals surface area contributed by atoms with Crippen molar-refractivity contribution in [2.75, 3.05) is 13.7 Å². The average Bonchev–Trinajstić information content (AvgIpc) is 3.27. The van der Waals surface area contributed by atoms with E-state index in [9.17, 15) is 4.39 Å². The third kappa shape index (κ3) is 6.15. The second-order valence-corrected chi connectivity index (χ2v) is 6.49. The van der Waals surface area contributed by atoms with Gasteiger partial charge in [0.1, 0.15) is 6.33 Å². The highest BCUT2D eigenvalue weighted by atomic mass is 127. The van der Waals surface area contributed by atoms with Gasteiger partial charge in [-0.2, -0.15) is 5.10 Å². The van der Waals surface area contributed by atoms with Crippen molar-refractivity contribution in [1.29, 1.82) is 0 Å². The number of aromatic nitrogens is 3. The molecular weight excluding hydrogens is 498 g/mol. The van der Waals surface area contributed by atoms with Crippen molar-refractivity contribution < 1.29 is 9.13 Å². The van der Waals surface area contributed by atoms with Gasteiger partial charge in [-0.25, -0.2) is 14.4 Å². The monoisotopic (exact) mass is 524 g/mol. The Morgan fingerprint density at radius 3 is 2.77 bits per heavy atom. The van der Waals surface area contributed by atoms with E-state index in [-0.39, 0.29) is 41.6 Å². The Hall–Kier alpha value is -2.69. The summed E-state index contributed by atoms with van der Waals surface area (Å²) in [6.45, 7) is 5.16. The van der Waals surface area contributed by atoms with Gasteiger partial charge in [-0.05, 0) is 43.2 Å². The van der Waals surface area contributed by atoms with Crippen molar-refractivity contribution in [3.05, 3.63) is 65.7 Å². The van der Waals surface area contributed by atoms with E-state index < -0.39 is 0 Å². The normalized spacial score (nSPS) is 12.1. The third-order valence-corrected chi connectivity index (χ3v) is 4.41. The van der Waals surface area contributed by atoms with Crippen LogP contribution in [-0.2, 0) is 6.54 Å². The second-order valence-electron chi connectivity index (χ2n) is 6.49. The summed E-state index contributed by atoms with van der Waals surface area (Å²) in [5.41, 5.74) is 2.80. The highest BCUT2D eigenvalue weighted by Gasteiger charge is 2.11. The highest BCUT2D eigenvalue weighted by molar-refractivity contribution is 14.0. The minimum absolute atomic E-state index is 0. The number of methoxy groups -OCH3 is 1. The summed E-state index contributed by atoms with van der Waals surface area (Å²) in [5, 5.41) is 13.3. The molecule has 0 radical (unpaired) electrons. The Bertz CT molecular complexity index is 964. The standard InChI is InChI=1S/C21H25FN6O.HI/c1-4-23-21(27-14(2)16-8-9-19(29-3)18(22)11-16)24-12-15-6-5-7-17(10-15)20-25-13-26-28-20;/h5-11,13-14H,4,12H2,1-3H3,(H2,23,24,27)(H,25,26,28);1H. The lowest BCUT2D eigenvalue weighted by Gasteiger charge is -2.18. The van der Waals surface area contributed by atoms with E-state index in [4.69, 9.17) is 4.74 Å². The average molecular weight is 524 g/mol. The first-order valence-electron chi connectivity index (χ1n) is 9.43. The molecule has 3 N–H and O–H groups in total. The van der Waals surface area contributed by atoms with Gasteiger partial charge < -0.3 is 15.4 Å². The van der Waals surface area contributed by atoms with Crippen LogP contribution in [0.15, 0.2) is 53.8 Å². The van der Waals surface area contributed by atoms with E-state index >= 15 is 0 Å². The molecule has 0 saturated heterocycles. The number of hydrogen-bond acceptors (Lipinski definition) is 4. The molecule has 0 spiro atoms. The molecule has 0 amide bonds. The van der Waals surface area contributed by atoms with Gasteiger partial charge in [-0.3, -0.25) is 5.10 Å². The Balaban J connectivity index is 0.00000320. The minimum Gasteiger partial charge on any atom is -0.494 e. The van der Waals surface area contributed by atoms with Crippen LogP contribution in [0, 0.1) is 5.82 Å². The zero-order valence-electron chi connectivity index (χ0n) is 17.1. The SMILES string of the molecule is CCNC(=NCc1cccc(-c2ncn[nH]2)c1)NC(C)c1ccc(OC)c(F)c1.I. The Morgan fingerprint density at radius 2 is 2.10 bits per heavy atom. The molecule has 0 aliphatic carbocycles. The van der Waals surface area contributed by atoms with E-state index in [1.54, 1.807) is 6.07 Å². The molecule has 1 atom stereocenters. The molecule has 1 unspecified atom stereocenters. The van der Waals surface area contributed by atoms with Crippen molar-refractivity contribution in [2.45, 2.75) is 26.4 Å². The molecule has 1 aromatic heterocycles. The van der Waals surface area contributed by atoms with Gasteiger partial charge in [0, 0.05) is 12.1 Å². The van der Waals surface area contributed by atoms with Crippen molar-refractivity contribution >= 4 is 29.9 Å². The van der Waals surface area contributed by atoms with Gasteiger partial charge in [0.05, 0.1) is 19.7 Å². The number of aromatic amines is 1. The van der Waals surface area contributed by atoms with Crippen LogP contribution in [0.25, 0.3) is 11.4 Å². The minimum atomic E-state index is -0.384. The molecule has 160 valence electrons. The van der Waals surface area contributed by atoms with Crippen LogP contribution in [-0.4, -0.2) is 34.8 Å². The maximum atomic E-state index is 14.0. The van der Waals surface area contributed by atoms with Crippen molar-refractivity contribution in [3.8, 4) is 17.1 Å². The summed E-state index contributed by atoms with van der Waals surface area (Å²) in [7, 11) is 1.45. The predicted octanol–water partition coefficient (Wildman–Crippen LogP) is 4.05. The van der Waals surface area contributed by atoms with Crippen LogP contribution in [0.3, 0.4) is 0 Å². The molecule has 0 saturated carbocycles. The Labute approximate surface area is 192 Å². The van der Waals surface area contributed by atoms with Gasteiger partial charge in [-0.1, -0.05) is 24.3 Å². The molecule has 9 heteroatoms. The van der Waals surface area contributed by atoms with Crippen molar-refractivity contribution in [3.63, 3.8) is 0 Å². The van der Waals surface area contributed by atoms with Gasteiger partial charge in [0.25, 0.3) is 0 Å². The van der Waals surface area contributed by atoms with Crippen molar-refractivity contribution in [1.82, 2.24) is 25.8 Å². The highest BCUT2D eigenvalue weighted by Crippen LogP contribution is 2.21. The lowest BCUT2D eigenvalue weighted by atomic mass is 10.1. The number of aliphatic imine (C=N–C) groups is 1. The molecule has 0 aliphatic rings. The van der Waals surface area contributed by atoms with Gasteiger partial charge in [0.15, 0.2) is 23.4 Å². The summed E-state index contributed by atoms with van der Waals surface area (Å²) in [6.07, 6.45) is 1.48. The molecular formula is C21H26FIN6O. The van der Waals surface area contributed by atoms with Crippen LogP contribution in [0.2, 0.25) is 0 Å². The van der Waals surface area contributed by atoms with E-state index in [0.29, 0.717) is 19.0 Å². The van der Waals surface area contributed by atoms with Gasteiger partial charge in [-0.15, -0.1) is 24.0 Å². The van der Waals surface area contributed by atoms with Crippen LogP contribution in [0.5, 0.6) is 5.75 Å².